The van der Waals surface area contributed by atoms with Crippen molar-refractivity contribution in [2.75, 3.05) is 6.54 Å². The van der Waals surface area contributed by atoms with Gasteiger partial charge in [-0.2, -0.15) is 0 Å². The standard InChI is InChI=1S/C14H18ClN3O/c1-14(2,13(16)19)8-17-7-11-12(15)9-5-3-4-6-10(9)18-11/h3-6,17-18H,7-8H2,1-2H3,(H2,16,19). The maximum absolute atomic E-state index is 11.2. The van der Waals surface area contributed by atoms with Crippen LogP contribution in [0.15, 0.2) is 24.3 Å². The van der Waals surface area contributed by atoms with Crippen LogP contribution in [0, 0.1) is 5.41 Å². The molecule has 0 aliphatic carbocycles. The molecule has 0 spiro atoms. The molecule has 0 radical (unpaired) electrons. The van der Waals surface area contributed by atoms with Gasteiger partial charge in [0.15, 0.2) is 0 Å². The second-order valence-corrected chi connectivity index (χ2v) is 5.69. The van der Waals surface area contributed by atoms with Gasteiger partial charge >= 0.3 is 0 Å². The molecule has 1 aromatic carbocycles. The van der Waals surface area contributed by atoms with Crippen molar-refractivity contribution in [2.24, 2.45) is 11.1 Å². The summed E-state index contributed by atoms with van der Waals surface area (Å²) >= 11 is 6.31. The minimum Gasteiger partial charge on any atom is -0.369 e. The highest BCUT2D eigenvalue weighted by molar-refractivity contribution is 6.36. The van der Waals surface area contributed by atoms with E-state index in [-0.39, 0.29) is 5.91 Å². The number of rotatable bonds is 5. The smallest absolute Gasteiger partial charge is 0.224 e. The minimum absolute atomic E-state index is 0.317. The molecule has 19 heavy (non-hydrogen) atoms. The number of amides is 1. The van der Waals surface area contributed by atoms with Crippen LogP contribution < -0.4 is 11.1 Å². The number of aromatic amines is 1. The quantitative estimate of drug-likeness (QED) is 0.787. The molecule has 102 valence electrons. The lowest BCUT2D eigenvalue weighted by molar-refractivity contribution is -0.125. The van der Waals surface area contributed by atoms with E-state index in [0.717, 1.165) is 21.6 Å². The lowest BCUT2D eigenvalue weighted by Crippen LogP contribution is -2.40. The fourth-order valence-corrected chi connectivity index (χ4v) is 2.15. The molecule has 0 saturated heterocycles. The Hall–Kier alpha value is -1.52. The Balaban J connectivity index is 2.06. The summed E-state index contributed by atoms with van der Waals surface area (Å²) in [7, 11) is 0. The van der Waals surface area contributed by atoms with Crippen molar-refractivity contribution in [1.82, 2.24) is 10.3 Å². The summed E-state index contributed by atoms with van der Waals surface area (Å²) in [5.74, 6) is -0.317. The molecule has 0 unspecified atom stereocenters. The highest BCUT2D eigenvalue weighted by atomic mass is 35.5. The Labute approximate surface area is 117 Å². The molecule has 2 rings (SSSR count). The largest absolute Gasteiger partial charge is 0.369 e. The van der Waals surface area contributed by atoms with E-state index in [1.54, 1.807) is 0 Å². The number of para-hydroxylation sites is 1. The molecule has 1 amide bonds. The number of nitrogens with two attached hydrogens (primary N) is 1. The summed E-state index contributed by atoms with van der Waals surface area (Å²) in [6.07, 6.45) is 0. The van der Waals surface area contributed by atoms with E-state index < -0.39 is 5.41 Å². The first kappa shape index (κ1) is 13.9. The zero-order valence-electron chi connectivity index (χ0n) is 11.1. The van der Waals surface area contributed by atoms with Gasteiger partial charge in [0.25, 0.3) is 0 Å². The number of halogens is 1. The predicted octanol–water partition coefficient (Wildman–Crippen LogP) is 2.42. The summed E-state index contributed by atoms with van der Waals surface area (Å²) in [5, 5.41) is 4.94. The maximum Gasteiger partial charge on any atom is 0.224 e. The Morgan fingerprint density at radius 3 is 2.74 bits per heavy atom. The van der Waals surface area contributed by atoms with Gasteiger partial charge in [0.05, 0.1) is 10.4 Å². The van der Waals surface area contributed by atoms with Crippen LogP contribution in [0.3, 0.4) is 0 Å². The van der Waals surface area contributed by atoms with Crippen LogP contribution in [-0.4, -0.2) is 17.4 Å². The number of carbonyl (C=O) groups excluding carboxylic acids is 1. The average Bonchev–Trinajstić information content (AvgIpc) is 2.67. The van der Waals surface area contributed by atoms with Crippen LogP contribution in [-0.2, 0) is 11.3 Å². The molecular formula is C14H18ClN3O. The second-order valence-electron chi connectivity index (χ2n) is 5.31. The molecule has 1 heterocycles. The summed E-state index contributed by atoms with van der Waals surface area (Å²) in [6, 6.07) is 7.88. The molecule has 0 fully saturated rings. The first-order chi connectivity index (χ1) is 8.92. The fourth-order valence-electron chi connectivity index (χ4n) is 1.87. The van der Waals surface area contributed by atoms with E-state index in [2.05, 4.69) is 10.3 Å². The zero-order chi connectivity index (χ0) is 14.0. The first-order valence-corrected chi connectivity index (χ1v) is 6.55. The highest BCUT2D eigenvalue weighted by Crippen LogP contribution is 2.27. The van der Waals surface area contributed by atoms with Crippen LogP contribution in [0.5, 0.6) is 0 Å². The maximum atomic E-state index is 11.2. The minimum atomic E-state index is -0.571. The van der Waals surface area contributed by atoms with Crippen LogP contribution >= 0.6 is 11.6 Å². The number of carbonyl (C=O) groups is 1. The first-order valence-electron chi connectivity index (χ1n) is 6.17. The van der Waals surface area contributed by atoms with Crippen molar-refractivity contribution in [3.8, 4) is 0 Å². The van der Waals surface area contributed by atoms with Gasteiger partial charge in [-0.1, -0.05) is 29.8 Å². The average molecular weight is 280 g/mol. The molecule has 1 aromatic heterocycles. The number of hydrogen-bond acceptors (Lipinski definition) is 2. The second kappa shape index (κ2) is 5.23. The van der Waals surface area contributed by atoms with E-state index in [4.69, 9.17) is 17.3 Å². The Morgan fingerprint density at radius 1 is 1.42 bits per heavy atom. The summed E-state index contributed by atoms with van der Waals surface area (Å²) < 4.78 is 0. The predicted molar refractivity (Wildman–Crippen MR) is 78.0 cm³/mol. The van der Waals surface area contributed by atoms with Crippen molar-refractivity contribution in [2.45, 2.75) is 20.4 Å². The fraction of sp³-hybridized carbons (Fsp3) is 0.357. The number of benzene rings is 1. The molecule has 0 aliphatic heterocycles. The number of hydrogen-bond donors (Lipinski definition) is 3. The third kappa shape index (κ3) is 2.91. The number of aromatic nitrogens is 1. The van der Waals surface area contributed by atoms with E-state index in [1.807, 2.05) is 38.1 Å². The van der Waals surface area contributed by atoms with Gasteiger partial charge in [-0.15, -0.1) is 0 Å². The lowest BCUT2D eigenvalue weighted by Gasteiger charge is -2.20. The number of nitrogens with one attached hydrogen (secondary N) is 2. The third-order valence-corrected chi connectivity index (χ3v) is 3.68. The Bertz CT molecular complexity index is 604. The molecule has 5 heteroatoms. The molecular weight excluding hydrogens is 262 g/mol. The zero-order valence-corrected chi connectivity index (χ0v) is 11.8. The van der Waals surface area contributed by atoms with Crippen LogP contribution in [0.4, 0.5) is 0 Å². The molecule has 0 aliphatic rings. The van der Waals surface area contributed by atoms with Crippen molar-refractivity contribution in [1.29, 1.82) is 0 Å². The van der Waals surface area contributed by atoms with E-state index in [0.29, 0.717) is 13.1 Å². The van der Waals surface area contributed by atoms with Crippen molar-refractivity contribution in [3.05, 3.63) is 35.0 Å². The molecule has 0 bridgehead atoms. The van der Waals surface area contributed by atoms with Crippen molar-refractivity contribution < 1.29 is 4.79 Å². The lowest BCUT2D eigenvalue weighted by atomic mass is 9.93. The monoisotopic (exact) mass is 279 g/mol. The summed E-state index contributed by atoms with van der Waals surface area (Å²) in [5.41, 5.74) is 6.69. The van der Waals surface area contributed by atoms with Gasteiger partial charge in [0.2, 0.25) is 5.91 Å². The molecule has 0 atom stereocenters. The highest BCUT2D eigenvalue weighted by Gasteiger charge is 2.24. The van der Waals surface area contributed by atoms with Crippen LogP contribution in [0.25, 0.3) is 10.9 Å². The summed E-state index contributed by atoms with van der Waals surface area (Å²) in [4.78, 5) is 14.5. The topological polar surface area (TPSA) is 70.9 Å². The van der Waals surface area contributed by atoms with Gasteiger partial charge in [0, 0.05) is 29.7 Å². The van der Waals surface area contributed by atoms with Gasteiger partial charge in [0.1, 0.15) is 0 Å². The van der Waals surface area contributed by atoms with Gasteiger partial charge in [-0.3, -0.25) is 4.79 Å². The molecule has 4 nitrogen and oxygen atoms in total. The van der Waals surface area contributed by atoms with Gasteiger partial charge < -0.3 is 16.0 Å². The molecule has 2 aromatic rings. The van der Waals surface area contributed by atoms with Crippen molar-refractivity contribution in [3.63, 3.8) is 0 Å². The number of H-pyrrole nitrogens is 1. The molecule has 4 N–H and O–H groups in total. The number of primary amides is 1. The van der Waals surface area contributed by atoms with Crippen LogP contribution in [0.1, 0.15) is 19.5 Å². The Kier molecular flexibility index (Phi) is 3.83. The normalized spacial score (nSPS) is 11.9. The summed E-state index contributed by atoms with van der Waals surface area (Å²) in [6.45, 7) is 4.71. The van der Waals surface area contributed by atoms with Crippen molar-refractivity contribution >= 4 is 28.4 Å². The van der Waals surface area contributed by atoms with Crippen LogP contribution in [0.2, 0.25) is 5.02 Å². The Morgan fingerprint density at radius 2 is 2.11 bits per heavy atom. The van der Waals surface area contributed by atoms with E-state index in [9.17, 15) is 4.79 Å². The third-order valence-electron chi connectivity index (χ3n) is 3.25. The molecule has 0 saturated carbocycles. The van der Waals surface area contributed by atoms with E-state index >= 15 is 0 Å². The van der Waals surface area contributed by atoms with Gasteiger partial charge in [-0.05, 0) is 19.9 Å². The van der Waals surface area contributed by atoms with Gasteiger partial charge in [-0.25, -0.2) is 0 Å². The SMILES string of the molecule is CC(C)(CNCc1[nH]c2ccccc2c1Cl)C(N)=O. The number of fused-ring (bicyclic) bond motifs is 1. The van der Waals surface area contributed by atoms with E-state index in [1.165, 1.54) is 0 Å².